The van der Waals surface area contributed by atoms with Crippen molar-refractivity contribution in [1.29, 1.82) is 0 Å². The number of carbonyl (C=O) groups is 1. The van der Waals surface area contributed by atoms with Crippen molar-refractivity contribution < 1.29 is 4.79 Å². The predicted octanol–water partition coefficient (Wildman–Crippen LogP) is 1.49. The van der Waals surface area contributed by atoms with Crippen LogP contribution in [0.4, 0.5) is 0 Å². The van der Waals surface area contributed by atoms with E-state index in [2.05, 4.69) is 10.1 Å². The Kier molecular flexibility index (Phi) is 3.83. The summed E-state index contributed by atoms with van der Waals surface area (Å²) in [6.07, 6.45) is 7.08. The first-order chi connectivity index (χ1) is 12.1. The van der Waals surface area contributed by atoms with Gasteiger partial charge in [-0.15, -0.1) is 0 Å². The normalized spacial score (nSPS) is 17.3. The first-order valence-corrected chi connectivity index (χ1v) is 8.35. The Morgan fingerprint density at radius 1 is 1.32 bits per heavy atom. The van der Waals surface area contributed by atoms with Crippen LogP contribution < -0.4 is 5.56 Å². The molecular formula is C18H19N5O2. The van der Waals surface area contributed by atoms with Crippen molar-refractivity contribution in [3.8, 4) is 0 Å². The Labute approximate surface area is 144 Å². The van der Waals surface area contributed by atoms with Gasteiger partial charge in [-0.25, -0.2) is 4.98 Å². The Morgan fingerprint density at radius 2 is 2.16 bits per heavy atom. The van der Waals surface area contributed by atoms with Gasteiger partial charge in [0.15, 0.2) is 0 Å². The topological polar surface area (TPSA) is 73.0 Å². The second kappa shape index (κ2) is 6.16. The highest BCUT2D eigenvalue weighted by atomic mass is 16.2. The van der Waals surface area contributed by atoms with Crippen LogP contribution >= 0.6 is 0 Å². The summed E-state index contributed by atoms with van der Waals surface area (Å²) in [6, 6.07) is 7.20. The van der Waals surface area contributed by atoms with Crippen LogP contribution in [0.15, 0.2) is 47.8 Å². The molecule has 128 valence electrons. The summed E-state index contributed by atoms with van der Waals surface area (Å²) in [5.74, 6) is -0.0643. The third kappa shape index (κ3) is 2.82. The van der Waals surface area contributed by atoms with Gasteiger partial charge in [0.25, 0.3) is 5.56 Å². The van der Waals surface area contributed by atoms with E-state index in [1.165, 1.54) is 10.9 Å². The summed E-state index contributed by atoms with van der Waals surface area (Å²) in [4.78, 5) is 31.5. The fourth-order valence-corrected chi connectivity index (χ4v) is 3.48. The fraction of sp³-hybridized carbons (Fsp3) is 0.333. The van der Waals surface area contributed by atoms with Crippen molar-refractivity contribution in [2.24, 2.45) is 7.05 Å². The van der Waals surface area contributed by atoms with Crippen LogP contribution in [-0.4, -0.2) is 36.7 Å². The van der Waals surface area contributed by atoms with Crippen LogP contribution in [0.2, 0.25) is 0 Å². The number of hydrogen-bond donors (Lipinski definition) is 0. The number of hydrogen-bond acceptors (Lipinski definition) is 4. The van der Waals surface area contributed by atoms with Gasteiger partial charge in [-0.2, -0.15) is 5.10 Å². The lowest BCUT2D eigenvalue weighted by molar-refractivity contribution is -0.132. The van der Waals surface area contributed by atoms with Crippen LogP contribution in [0, 0.1) is 0 Å². The van der Waals surface area contributed by atoms with Crippen molar-refractivity contribution >= 4 is 16.8 Å². The molecule has 1 atom stereocenters. The molecule has 0 unspecified atom stereocenters. The maximum Gasteiger partial charge on any atom is 0.261 e. The summed E-state index contributed by atoms with van der Waals surface area (Å²) in [7, 11) is 1.87. The zero-order valence-corrected chi connectivity index (χ0v) is 14.0. The SMILES string of the molecule is Cn1cc([C@H]2CCCN2C(=O)Cn2cnc3ccccc3c2=O)cn1. The molecule has 1 aliphatic rings. The first kappa shape index (κ1) is 15.6. The highest BCUT2D eigenvalue weighted by molar-refractivity contribution is 5.79. The van der Waals surface area contributed by atoms with E-state index in [4.69, 9.17) is 0 Å². The van der Waals surface area contributed by atoms with Gasteiger partial charge in [0, 0.05) is 25.4 Å². The average Bonchev–Trinajstić information content (AvgIpc) is 3.26. The predicted molar refractivity (Wildman–Crippen MR) is 92.9 cm³/mol. The number of benzene rings is 1. The van der Waals surface area contributed by atoms with Gasteiger partial charge < -0.3 is 4.90 Å². The number of likely N-dealkylation sites (tertiary alicyclic amines) is 1. The van der Waals surface area contributed by atoms with Gasteiger partial charge in [-0.3, -0.25) is 18.8 Å². The molecule has 3 aromatic rings. The Morgan fingerprint density at radius 3 is 2.96 bits per heavy atom. The monoisotopic (exact) mass is 337 g/mol. The average molecular weight is 337 g/mol. The Hall–Kier alpha value is -2.96. The number of carbonyl (C=O) groups excluding carboxylic acids is 1. The number of aryl methyl sites for hydroxylation is 1. The van der Waals surface area contributed by atoms with Crippen LogP contribution in [-0.2, 0) is 18.4 Å². The van der Waals surface area contributed by atoms with E-state index >= 15 is 0 Å². The largest absolute Gasteiger partial charge is 0.334 e. The van der Waals surface area contributed by atoms with E-state index < -0.39 is 0 Å². The first-order valence-electron chi connectivity index (χ1n) is 8.35. The van der Waals surface area contributed by atoms with Crippen molar-refractivity contribution in [1.82, 2.24) is 24.2 Å². The fourth-order valence-electron chi connectivity index (χ4n) is 3.48. The van der Waals surface area contributed by atoms with E-state index in [1.807, 2.05) is 24.2 Å². The number of nitrogens with zero attached hydrogens (tertiary/aromatic N) is 5. The zero-order chi connectivity index (χ0) is 17.4. The van der Waals surface area contributed by atoms with E-state index in [9.17, 15) is 9.59 Å². The molecule has 7 heteroatoms. The molecule has 0 N–H and O–H groups in total. The molecule has 1 amide bonds. The van der Waals surface area contributed by atoms with Crippen molar-refractivity contribution in [2.75, 3.05) is 6.54 Å². The summed E-state index contributed by atoms with van der Waals surface area (Å²) in [6.45, 7) is 0.710. The van der Waals surface area contributed by atoms with Gasteiger partial charge in [0.2, 0.25) is 5.91 Å². The van der Waals surface area contributed by atoms with Crippen LogP contribution in [0.1, 0.15) is 24.4 Å². The van der Waals surface area contributed by atoms with E-state index in [-0.39, 0.29) is 24.1 Å². The van der Waals surface area contributed by atoms with Gasteiger partial charge in [-0.1, -0.05) is 12.1 Å². The smallest absolute Gasteiger partial charge is 0.261 e. The number of amides is 1. The minimum atomic E-state index is -0.184. The second-order valence-corrected chi connectivity index (χ2v) is 6.39. The summed E-state index contributed by atoms with van der Waals surface area (Å²) >= 11 is 0. The quantitative estimate of drug-likeness (QED) is 0.726. The number of fused-ring (bicyclic) bond motifs is 1. The minimum Gasteiger partial charge on any atom is -0.334 e. The molecule has 25 heavy (non-hydrogen) atoms. The highest BCUT2D eigenvalue weighted by Gasteiger charge is 2.30. The molecule has 0 bridgehead atoms. The summed E-state index contributed by atoms with van der Waals surface area (Å²) < 4.78 is 3.14. The maximum absolute atomic E-state index is 12.8. The zero-order valence-electron chi connectivity index (χ0n) is 14.0. The molecular weight excluding hydrogens is 318 g/mol. The van der Waals surface area contributed by atoms with Crippen LogP contribution in [0.3, 0.4) is 0 Å². The molecule has 2 aromatic heterocycles. The molecule has 4 rings (SSSR count). The van der Waals surface area contributed by atoms with Gasteiger partial charge in [-0.05, 0) is 25.0 Å². The Bertz CT molecular complexity index is 990. The third-order valence-electron chi connectivity index (χ3n) is 4.72. The molecule has 1 aliphatic heterocycles. The van der Waals surface area contributed by atoms with Crippen LogP contribution in [0.5, 0.6) is 0 Å². The molecule has 0 radical (unpaired) electrons. The van der Waals surface area contributed by atoms with Crippen molar-refractivity contribution in [3.63, 3.8) is 0 Å². The highest BCUT2D eigenvalue weighted by Crippen LogP contribution is 2.31. The molecule has 1 fully saturated rings. The lowest BCUT2D eigenvalue weighted by atomic mass is 10.1. The molecule has 3 heterocycles. The molecule has 1 saturated heterocycles. The van der Waals surface area contributed by atoms with Gasteiger partial charge in [0.05, 0.1) is 29.5 Å². The molecule has 1 aromatic carbocycles. The lowest BCUT2D eigenvalue weighted by Gasteiger charge is -2.24. The Balaban J connectivity index is 1.59. The van der Waals surface area contributed by atoms with Gasteiger partial charge in [0.1, 0.15) is 6.54 Å². The second-order valence-electron chi connectivity index (χ2n) is 6.39. The maximum atomic E-state index is 12.8. The molecule has 0 aliphatic carbocycles. The van der Waals surface area contributed by atoms with Crippen molar-refractivity contribution in [2.45, 2.75) is 25.4 Å². The number of rotatable bonds is 3. The van der Waals surface area contributed by atoms with E-state index in [1.54, 1.807) is 29.1 Å². The van der Waals surface area contributed by atoms with E-state index in [0.29, 0.717) is 17.4 Å². The third-order valence-corrected chi connectivity index (χ3v) is 4.72. The molecule has 7 nitrogen and oxygen atoms in total. The molecule has 0 spiro atoms. The van der Waals surface area contributed by atoms with E-state index in [0.717, 1.165) is 18.4 Å². The summed E-state index contributed by atoms with van der Waals surface area (Å²) in [5.41, 5.74) is 1.50. The standard InChI is InChI=1S/C18H19N5O2/c1-21-10-13(9-20-21)16-7-4-8-23(16)17(24)11-22-12-19-15-6-3-2-5-14(15)18(22)25/h2-3,5-6,9-10,12,16H,4,7-8,11H2,1H3/t16-/m1/s1. The molecule has 0 saturated carbocycles. The number of para-hydroxylation sites is 1. The van der Waals surface area contributed by atoms with Gasteiger partial charge >= 0.3 is 0 Å². The van der Waals surface area contributed by atoms with Crippen molar-refractivity contribution in [3.05, 3.63) is 58.9 Å². The number of aromatic nitrogens is 4. The minimum absolute atomic E-state index is 0.00737. The van der Waals surface area contributed by atoms with Crippen LogP contribution in [0.25, 0.3) is 10.9 Å². The lowest BCUT2D eigenvalue weighted by Crippen LogP contribution is -2.36. The summed E-state index contributed by atoms with van der Waals surface area (Å²) in [5, 5.41) is 4.73.